The van der Waals surface area contributed by atoms with Gasteiger partial charge in [0, 0.05) is 19.3 Å². The minimum absolute atomic E-state index is 1.07. The lowest BCUT2D eigenvalue weighted by Crippen LogP contribution is -2.17. The first-order chi connectivity index (χ1) is 6.72. The molecule has 0 fully saturated rings. The molecule has 0 saturated carbocycles. The minimum Gasteiger partial charge on any atom is -0.375 e. The Labute approximate surface area is 87.7 Å². The van der Waals surface area contributed by atoms with Gasteiger partial charge in [-0.3, -0.25) is 0 Å². The van der Waals surface area contributed by atoms with Crippen LogP contribution in [0.4, 0.5) is 5.69 Å². The highest BCUT2D eigenvalue weighted by atomic mass is 15.1. The highest BCUT2D eigenvalue weighted by Gasteiger charge is 2.04. The van der Waals surface area contributed by atoms with Gasteiger partial charge in [0.1, 0.15) is 0 Å². The monoisotopic (exact) mass is 191 g/mol. The minimum atomic E-state index is 1.07. The number of nitrogens with zero attached hydrogens (tertiary/aromatic N) is 1. The molecular weight excluding hydrogens is 170 g/mol. The smallest absolute Gasteiger partial charge is 0.0398 e. The van der Waals surface area contributed by atoms with Crippen LogP contribution < -0.4 is 4.90 Å². The second-order valence-corrected chi connectivity index (χ2v) is 3.68. The average Bonchev–Trinajstić information content (AvgIpc) is 2.27. The molecular formula is C13H21N. The zero-order valence-corrected chi connectivity index (χ0v) is 9.80. The molecule has 1 aromatic carbocycles. The van der Waals surface area contributed by atoms with Crippen LogP contribution in [0.5, 0.6) is 0 Å². The van der Waals surface area contributed by atoms with E-state index in [9.17, 15) is 0 Å². The lowest BCUT2D eigenvalue weighted by molar-refractivity contribution is 0.943. The fourth-order valence-electron chi connectivity index (χ4n) is 1.65. The van der Waals surface area contributed by atoms with Gasteiger partial charge in [-0.1, -0.05) is 26.0 Å². The molecule has 0 aromatic heterocycles. The molecule has 1 rings (SSSR count). The van der Waals surface area contributed by atoms with Crippen molar-refractivity contribution in [2.24, 2.45) is 0 Å². The van der Waals surface area contributed by atoms with E-state index >= 15 is 0 Å². The summed E-state index contributed by atoms with van der Waals surface area (Å²) in [5.41, 5.74) is 4.28. The van der Waals surface area contributed by atoms with Gasteiger partial charge in [-0.05, 0) is 37.0 Å². The van der Waals surface area contributed by atoms with Gasteiger partial charge in [0.25, 0.3) is 0 Å². The second kappa shape index (κ2) is 5.04. The standard InChI is InChI=1S/C13H21N/c1-5-11-8-9-12(6-2)13(10-11)14(4)7-3/h8-10H,5-7H2,1-4H3. The van der Waals surface area contributed by atoms with Gasteiger partial charge in [0.05, 0.1) is 0 Å². The molecule has 0 N–H and O–H groups in total. The molecule has 1 aromatic rings. The average molecular weight is 191 g/mol. The number of hydrogen-bond acceptors (Lipinski definition) is 1. The lowest BCUT2D eigenvalue weighted by atomic mass is 10.0. The SMILES string of the molecule is CCc1ccc(CC)c(N(C)CC)c1. The molecule has 0 aliphatic heterocycles. The quantitative estimate of drug-likeness (QED) is 0.706. The number of hydrogen-bond donors (Lipinski definition) is 0. The van der Waals surface area contributed by atoms with Crippen molar-refractivity contribution in [3.8, 4) is 0 Å². The van der Waals surface area contributed by atoms with Gasteiger partial charge in [0.15, 0.2) is 0 Å². The van der Waals surface area contributed by atoms with E-state index in [4.69, 9.17) is 0 Å². The molecule has 0 aliphatic rings. The van der Waals surface area contributed by atoms with Crippen molar-refractivity contribution in [3.05, 3.63) is 29.3 Å². The van der Waals surface area contributed by atoms with Crippen LogP contribution in [-0.2, 0) is 12.8 Å². The Morgan fingerprint density at radius 1 is 1.07 bits per heavy atom. The van der Waals surface area contributed by atoms with E-state index in [2.05, 4.69) is 50.9 Å². The molecule has 78 valence electrons. The van der Waals surface area contributed by atoms with E-state index in [1.54, 1.807) is 0 Å². The van der Waals surface area contributed by atoms with Crippen LogP contribution in [0.15, 0.2) is 18.2 Å². The van der Waals surface area contributed by atoms with Crippen molar-refractivity contribution < 1.29 is 0 Å². The molecule has 1 heteroatoms. The summed E-state index contributed by atoms with van der Waals surface area (Å²) in [5, 5.41) is 0. The molecule has 0 bridgehead atoms. The Morgan fingerprint density at radius 2 is 1.79 bits per heavy atom. The van der Waals surface area contributed by atoms with Crippen LogP contribution >= 0.6 is 0 Å². The van der Waals surface area contributed by atoms with Crippen LogP contribution in [0.2, 0.25) is 0 Å². The Balaban J connectivity index is 3.08. The van der Waals surface area contributed by atoms with Crippen LogP contribution in [0.3, 0.4) is 0 Å². The molecule has 0 atom stereocenters. The van der Waals surface area contributed by atoms with E-state index in [1.165, 1.54) is 16.8 Å². The van der Waals surface area contributed by atoms with Crippen molar-refractivity contribution in [1.29, 1.82) is 0 Å². The fourth-order valence-corrected chi connectivity index (χ4v) is 1.65. The number of rotatable bonds is 4. The van der Waals surface area contributed by atoms with Gasteiger partial charge >= 0.3 is 0 Å². The molecule has 0 spiro atoms. The summed E-state index contributed by atoms with van der Waals surface area (Å²) in [4.78, 5) is 2.32. The molecule has 0 unspecified atom stereocenters. The van der Waals surface area contributed by atoms with Gasteiger partial charge in [-0.25, -0.2) is 0 Å². The first kappa shape index (κ1) is 11.1. The van der Waals surface area contributed by atoms with E-state index in [-0.39, 0.29) is 0 Å². The normalized spacial score (nSPS) is 10.3. The van der Waals surface area contributed by atoms with Crippen molar-refractivity contribution in [2.45, 2.75) is 33.6 Å². The third-order valence-electron chi connectivity index (χ3n) is 2.82. The number of benzene rings is 1. The van der Waals surface area contributed by atoms with E-state index in [0.717, 1.165) is 19.4 Å². The Kier molecular flexibility index (Phi) is 3.99. The van der Waals surface area contributed by atoms with Gasteiger partial charge in [-0.2, -0.15) is 0 Å². The molecule has 0 saturated heterocycles. The fraction of sp³-hybridized carbons (Fsp3) is 0.538. The van der Waals surface area contributed by atoms with Crippen molar-refractivity contribution in [3.63, 3.8) is 0 Å². The summed E-state index contributed by atoms with van der Waals surface area (Å²) in [7, 11) is 2.16. The molecule has 1 nitrogen and oxygen atoms in total. The molecule has 14 heavy (non-hydrogen) atoms. The van der Waals surface area contributed by atoms with Crippen molar-refractivity contribution in [1.82, 2.24) is 0 Å². The van der Waals surface area contributed by atoms with E-state index < -0.39 is 0 Å². The molecule has 0 aliphatic carbocycles. The first-order valence-electron chi connectivity index (χ1n) is 5.55. The summed E-state index contributed by atoms with van der Waals surface area (Å²) in [6.07, 6.45) is 2.23. The third kappa shape index (κ3) is 2.28. The molecule has 0 amide bonds. The van der Waals surface area contributed by atoms with Gasteiger partial charge in [-0.15, -0.1) is 0 Å². The zero-order valence-electron chi connectivity index (χ0n) is 9.80. The topological polar surface area (TPSA) is 3.24 Å². The Morgan fingerprint density at radius 3 is 2.29 bits per heavy atom. The van der Waals surface area contributed by atoms with Gasteiger partial charge < -0.3 is 4.90 Å². The largest absolute Gasteiger partial charge is 0.375 e. The summed E-state index contributed by atoms with van der Waals surface area (Å²) in [6.45, 7) is 7.68. The predicted molar refractivity (Wildman–Crippen MR) is 64.1 cm³/mol. The Hall–Kier alpha value is -0.980. The van der Waals surface area contributed by atoms with Crippen molar-refractivity contribution >= 4 is 5.69 Å². The maximum atomic E-state index is 2.32. The second-order valence-electron chi connectivity index (χ2n) is 3.68. The highest BCUT2D eigenvalue weighted by Crippen LogP contribution is 2.22. The summed E-state index contributed by atoms with van der Waals surface area (Å²) in [6, 6.07) is 6.83. The van der Waals surface area contributed by atoms with Crippen LogP contribution in [0, 0.1) is 0 Å². The maximum absolute atomic E-state index is 2.32. The highest BCUT2D eigenvalue weighted by molar-refractivity contribution is 5.55. The van der Waals surface area contributed by atoms with E-state index in [0.29, 0.717) is 0 Å². The third-order valence-corrected chi connectivity index (χ3v) is 2.82. The van der Waals surface area contributed by atoms with Crippen molar-refractivity contribution in [2.75, 3.05) is 18.5 Å². The summed E-state index contributed by atoms with van der Waals surface area (Å²) in [5.74, 6) is 0. The van der Waals surface area contributed by atoms with Crippen LogP contribution in [-0.4, -0.2) is 13.6 Å². The van der Waals surface area contributed by atoms with E-state index in [1.807, 2.05) is 0 Å². The molecule has 0 heterocycles. The number of anilines is 1. The van der Waals surface area contributed by atoms with Crippen LogP contribution in [0.25, 0.3) is 0 Å². The first-order valence-corrected chi connectivity index (χ1v) is 5.55. The number of aryl methyl sites for hydroxylation is 2. The van der Waals surface area contributed by atoms with Gasteiger partial charge in [0.2, 0.25) is 0 Å². The zero-order chi connectivity index (χ0) is 10.6. The maximum Gasteiger partial charge on any atom is 0.0398 e. The summed E-state index contributed by atoms with van der Waals surface area (Å²) < 4.78 is 0. The summed E-state index contributed by atoms with van der Waals surface area (Å²) >= 11 is 0. The predicted octanol–water partition coefficient (Wildman–Crippen LogP) is 3.27. The lowest BCUT2D eigenvalue weighted by Gasteiger charge is -2.21. The van der Waals surface area contributed by atoms with Crippen LogP contribution in [0.1, 0.15) is 31.9 Å². The molecule has 0 radical (unpaired) electrons. The Bertz CT molecular complexity index is 291.